The first-order chi connectivity index (χ1) is 20.7. The molecule has 222 valence electrons. The van der Waals surface area contributed by atoms with E-state index < -0.39 is 0 Å². The molecule has 0 atom stereocenters. The van der Waals surface area contributed by atoms with Gasteiger partial charge >= 0.3 is 5.69 Å². The first-order valence-electron chi connectivity index (χ1n) is 14.1. The van der Waals surface area contributed by atoms with Crippen LogP contribution in [0.4, 0.5) is 11.5 Å². The Labute approximate surface area is 250 Å². The van der Waals surface area contributed by atoms with Crippen LogP contribution in [0.2, 0.25) is 0 Å². The number of benzene rings is 3. The van der Waals surface area contributed by atoms with Gasteiger partial charge in [-0.05, 0) is 93.5 Å². The smallest absolute Gasteiger partial charge is 0.339 e. The number of nitrogens with zero attached hydrogens (tertiary/aromatic N) is 4. The molecule has 1 aliphatic carbocycles. The molecule has 4 aromatic rings. The minimum Gasteiger partial charge on any atom is -0.508 e. The van der Waals surface area contributed by atoms with Crippen molar-refractivity contribution in [3.8, 4) is 28.6 Å². The minimum absolute atomic E-state index is 0.147. The van der Waals surface area contributed by atoms with Gasteiger partial charge in [-0.1, -0.05) is 12.1 Å². The summed E-state index contributed by atoms with van der Waals surface area (Å²) in [5.74, 6) is 1.56. The molecule has 0 unspecified atom stereocenters. The highest BCUT2D eigenvalue weighted by molar-refractivity contribution is 6.01. The second kappa shape index (κ2) is 12.4. The molecule has 3 aromatic carbocycles. The molecule has 10 nitrogen and oxygen atoms in total. The van der Waals surface area contributed by atoms with Crippen molar-refractivity contribution >= 4 is 23.1 Å². The molecule has 0 aliphatic heterocycles. The number of aromatic nitrogens is 2. The van der Waals surface area contributed by atoms with E-state index in [1.807, 2.05) is 12.1 Å². The Morgan fingerprint density at radius 2 is 1.67 bits per heavy atom. The summed E-state index contributed by atoms with van der Waals surface area (Å²) in [6.45, 7) is 2.35. The highest BCUT2D eigenvalue weighted by atomic mass is 16.5. The highest BCUT2D eigenvalue weighted by Gasteiger charge is 2.25. The molecule has 0 radical (unpaired) electrons. The van der Waals surface area contributed by atoms with E-state index in [2.05, 4.69) is 17.3 Å². The van der Waals surface area contributed by atoms with E-state index in [9.17, 15) is 14.7 Å². The van der Waals surface area contributed by atoms with Crippen LogP contribution in [0.1, 0.15) is 25.5 Å². The zero-order valence-electron chi connectivity index (χ0n) is 24.7. The fourth-order valence-electron chi connectivity index (χ4n) is 4.94. The predicted octanol–water partition coefficient (Wildman–Crippen LogP) is 5.17. The number of aromatic hydroxyl groups is 1. The van der Waals surface area contributed by atoms with E-state index in [-0.39, 0.29) is 23.1 Å². The molecule has 1 aromatic heterocycles. The number of imidazole rings is 1. The first-order valence-corrected chi connectivity index (χ1v) is 14.1. The summed E-state index contributed by atoms with van der Waals surface area (Å²) in [6.07, 6.45) is 5.88. The van der Waals surface area contributed by atoms with Gasteiger partial charge in [0.2, 0.25) is 5.91 Å². The summed E-state index contributed by atoms with van der Waals surface area (Å²) >= 11 is 0. The molecule has 1 aliphatic rings. The van der Waals surface area contributed by atoms with Crippen molar-refractivity contribution in [2.45, 2.75) is 25.8 Å². The van der Waals surface area contributed by atoms with E-state index in [1.54, 1.807) is 98.7 Å². The van der Waals surface area contributed by atoms with Gasteiger partial charge in [0.05, 0.1) is 17.1 Å². The third kappa shape index (κ3) is 6.39. The topological polar surface area (TPSA) is 116 Å². The number of anilines is 2. The molecule has 5 rings (SSSR count). The number of hydrogen-bond donors (Lipinski definition) is 3. The van der Waals surface area contributed by atoms with Crippen LogP contribution in [0, 0.1) is 5.41 Å². The van der Waals surface area contributed by atoms with Crippen LogP contribution in [0.3, 0.4) is 0 Å². The van der Waals surface area contributed by atoms with Gasteiger partial charge in [-0.2, -0.15) is 0 Å². The Morgan fingerprint density at radius 1 is 1.02 bits per heavy atom. The second-order valence-electron chi connectivity index (χ2n) is 10.6. The molecule has 1 heterocycles. The SMILES string of the molecule is CNc1c(C(C)=N)n(-c2ccc(Oc3ccc(O)cc3)cc2)c(=O)n1-c1cccc(N(C)C(=O)C=CCN(C)C2CC2)c1. The highest BCUT2D eigenvalue weighted by Crippen LogP contribution is 2.28. The summed E-state index contributed by atoms with van der Waals surface area (Å²) in [5.41, 5.74) is 1.99. The fraction of sp³-hybridized carbons (Fsp3) is 0.242. The summed E-state index contributed by atoms with van der Waals surface area (Å²) in [4.78, 5) is 30.7. The summed E-state index contributed by atoms with van der Waals surface area (Å²) in [6, 6.07) is 21.2. The van der Waals surface area contributed by atoms with Crippen LogP contribution in [-0.4, -0.2) is 64.5 Å². The Morgan fingerprint density at radius 3 is 2.28 bits per heavy atom. The van der Waals surface area contributed by atoms with Gasteiger partial charge in [0.1, 0.15) is 28.8 Å². The van der Waals surface area contributed by atoms with Gasteiger partial charge in [0, 0.05) is 38.4 Å². The van der Waals surface area contributed by atoms with Gasteiger partial charge in [0.25, 0.3) is 0 Å². The lowest BCUT2D eigenvalue weighted by Gasteiger charge is -2.17. The number of carbonyl (C=O) groups is 1. The van der Waals surface area contributed by atoms with E-state index >= 15 is 0 Å². The normalized spacial score (nSPS) is 13.0. The van der Waals surface area contributed by atoms with Crippen molar-refractivity contribution in [2.75, 3.05) is 37.9 Å². The molecular formula is C33H36N6O4. The van der Waals surface area contributed by atoms with Crippen LogP contribution < -0.4 is 20.6 Å². The monoisotopic (exact) mass is 580 g/mol. The van der Waals surface area contributed by atoms with E-state index in [1.165, 1.54) is 22.0 Å². The maximum absolute atomic E-state index is 14.0. The summed E-state index contributed by atoms with van der Waals surface area (Å²) < 4.78 is 8.85. The lowest BCUT2D eigenvalue weighted by molar-refractivity contribution is -0.113. The average Bonchev–Trinajstić information content (AvgIpc) is 3.81. The number of ether oxygens (including phenoxy) is 1. The minimum atomic E-state index is -0.368. The zero-order valence-corrected chi connectivity index (χ0v) is 24.7. The molecule has 1 amide bonds. The molecule has 0 saturated heterocycles. The van der Waals surface area contributed by atoms with Crippen LogP contribution in [0.5, 0.6) is 17.2 Å². The van der Waals surface area contributed by atoms with Gasteiger partial charge in [-0.25, -0.2) is 9.36 Å². The van der Waals surface area contributed by atoms with Gasteiger partial charge in [0.15, 0.2) is 0 Å². The third-order valence-electron chi connectivity index (χ3n) is 7.44. The third-order valence-corrected chi connectivity index (χ3v) is 7.44. The molecule has 1 saturated carbocycles. The van der Waals surface area contributed by atoms with Crippen molar-refractivity contribution in [1.29, 1.82) is 5.41 Å². The maximum Gasteiger partial charge on any atom is 0.339 e. The van der Waals surface area contributed by atoms with Crippen molar-refractivity contribution in [1.82, 2.24) is 14.0 Å². The predicted molar refractivity (Wildman–Crippen MR) is 170 cm³/mol. The van der Waals surface area contributed by atoms with Gasteiger partial charge < -0.3 is 25.5 Å². The van der Waals surface area contributed by atoms with Crippen LogP contribution in [-0.2, 0) is 4.79 Å². The Hall–Kier alpha value is -5.09. The van der Waals surface area contributed by atoms with Crippen LogP contribution in [0.15, 0.2) is 89.7 Å². The Bertz CT molecular complexity index is 1720. The summed E-state index contributed by atoms with van der Waals surface area (Å²) in [5, 5.41) is 21.1. The second-order valence-corrected chi connectivity index (χ2v) is 10.6. The molecule has 0 bridgehead atoms. The Kier molecular flexibility index (Phi) is 8.49. The van der Waals surface area contributed by atoms with Gasteiger partial charge in [-0.3, -0.25) is 14.3 Å². The number of amides is 1. The molecular weight excluding hydrogens is 544 g/mol. The van der Waals surface area contributed by atoms with E-state index in [0.29, 0.717) is 52.7 Å². The maximum atomic E-state index is 14.0. The van der Waals surface area contributed by atoms with Crippen molar-refractivity contribution in [2.24, 2.45) is 0 Å². The number of phenols is 1. The van der Waals surface area contributed by atoms with Crippen molar-refractivity contribution in [3.05, 3.63) is 101 Å². The van der Waals surface area contributed by atoms with Crippen molar-refractivity contribution in [3.63, 3.8) is 0 Å². The number of hydrogen-bond acceptors (Lipinski definition) is 7. The zero-order chi connectivity index (χ0) is 30.7. The molecule has 10 heteroatoms. The largest absolute Gasteiger partial charge is 0.508 e. The lowest BCUT2D eigenvalue weighted by Crippen LogP contribution is -2.26. The Balaban J connectivity index is 1.45. The molecule has 0 spiro atoms. The van der Waals surface area contributed by atoms with Crippen LogP contribution in [0.25, 0.3) is 11.4 Å². The van der Waals surface area contributed by atoms with E-state index in [0.717, 1.165) is 0 Å². The quantitative estimate of drug-likeness (QED) is 0.167. The molecule has 1 fully saturated rings. The number of nitrogens with one attached hydrogen (secondary N) is 2. The number of rotatable bonds is 11. The van der Waals surface area contributed by atoms with Crippen molar-refractivity contribution < 1.29 is 14.6 Å². The van der Waals surface area contributed by atoms with E-state index in [4.69, 9.17) is 10.1 Å². The lowest BCUT2D eigenvalue weighted by atomic mass is 10.2. The molecule has 3 N–H and O–H groups in total. The van der Waals surface area contributed by atoms with Gasteiger partial charge in [-0.15, -0.1) is 0 Å². The average molecular weight is 581 g/mol. The fourth-order valence-corrected chi connectivity index (χ4v) is 4.94. The standard InChI is InChI=1S/C33H36N6O4/c1-22(34)31-32(35-2)39(26-8-5-7-25(21-26)37(4)30(41)9-6-20-36(3)23-10-11-23)33(42)38(31)24-12-16-28(17-13-24)43-29-18-14-27(40)15-19-29/h5-9,12-19,21,23,34-35,40H,10-11,20H2,1-4H3. The molecule has 43 heavy (non-hydrogen) atoms. The van der Waals surface area contributed by atoms with Crippen LogP contribution >= 0.6 is 0 Å². The number of phenolic OH excluding ortho intramolecular Hbond substituents is 1. The summed E-state index contributed by atoms with van der Waals surface area (Å²) in [7, 11) is 5.48. The number of carbonyl (C=O) groups excluding carboxylic acids is 1. The first kappa shape index (κ1) is 29.4. The number of likely N-dealkylation sites (N-methyl/N-ethyl adjacent to an activating group) is 2.